The Morgan fingerprint density at radius 3 is 2.21 bits per heavy atom. The Bertz CT molecular complexity index is 1030. The SMILES string of the molecule is Cc1ccc(NCc2cn3c(n2)CN(CC2CCOC2)CC3)nn1.O=C(O)C(F)(F)F.O=C(O)C(F)(F)F. The van der Waals surface area contributed by atoms with Crippen LogP contribution in [-0.4, -0.2) is 85.5 Å². The molecule has 11 nitrogen and oxygen atoms in total. The number of fused-ring (bicyclic) bond motifs is 1. The number of carboxylic acids is 2. The van der Waals surface area contributed by atoms with Crippen LogP contribution in [0.1, 0.15) is 23.6 Å². The molecule has 1 fully saturated rings. The van der Waals surface area contributed by atoms with Gasteiger partial charge in [-0.05, 0) is 31.4 Å². The molecule has 4 rings (SSSR count). The van der Waals surface area contributed by atoms with Gasteiger partial charge >= 0.3 is 24.3 Å². The third kappa shape index (κ3) is 10.5. The summed E-state index contributed by atoms with van der Waals surface area (Å²) in [6.07, 6.45) is -6.82. The van der Waals surface area contributed by atoms with Crippen molar-refractivity contribution in [2.45, 2.75) is 45.3 Å². The third-order valence-corrected chi connectivity index (χ3v) is 5.21. The number of anilines is 1. The van der Waals surface area contributed by atoms with E-state index >= 15 is 0 Å². The molecule has 38 heavy (non-hydrogen) atoms. The monoisotopic (exact) mass is 556 g/mol. The van der Waals surface area contributed by atoms with Crippen LogP contribution in [-0.2, 0) is 34.0 Å². The van der Waals surface area contributed by atoms with E-state index in [-0.39, 0.29) is 0 Å². The number of imidazole rings is 1. The topological polar surface area (TPSA) is 143 Å². The predicted octanol–water partition coefficient (Wildman–Crippen LogP) is 2.71. The van der Waals surface area contributed by atoms with E-state index in [0.717, 1.165) is 62.4 Å². The lowest BCUT2D eigenvalue weighted by molar-refractivity contribution is -0.193. The number of rotatable bonds is 5. The van der Waals surface area contributed by atoms with E-state index in [0.29, 0.717) is 12.5 Å². The molecule has 0 bridgehead atoms. The number of nitrogens with one attached hydrogen (secondary N) is 1. The van der Waals surface area contributed by atoms with E-state index < -0.39 is 24.3 Å². The largest absolute Gasteiger partial charge is 0.490 e. The lowest BCUT2D eigenvalue weighted by Gasteiger charge is -2.29. The van der Waals surface area contributed by atoms with Crippen molar-refractivity contribution < 1.29 is 50.9 Å². The molecule has 4 heterocycles. The molecular formula is C21H26F6N6O5. The highest BCUT2D eigenvalue weighted by molar-refractivity contribution is 5.73. The zero-order valence-electron chi connectivity index (χ0n) is 20.1. The molecule has 2 aromatic heterocycles. The molecule has 2 aliphatic rings. The Morgan fingerprint density at radius 2 is 1.71 bits per heavy atom. The number of aliphatic carboxylic acids is 2. The Balaban J connectivity index is 0.000000301. The van der Waals surface area contributed by atoms with Crippen LogP contribution in [0.5, 0.6) is 0 Å². The maximum atomic E-state index is 10.6. The van der Waals surface area contributed by atoms with Crippen LogP contribution in [0.15, 0.2) is 18.3 Å². The highest BCUT2D eigenvalue weighted by atomic mass is 19.4. The summed E-state index contributed by atoms with van der Waals surface area (Å²) in [6.45, 7) is 8.61. The molecular weight excluding hydrogens is 530 g/mol. The summed E-state index contributed by atoms with van der Waals surface area (Å²) < 4.78 is 71.2. The van der Waals surface area contributed by atoms with Crippen LogP contribution in [0.4, 0.5) is 32.2 Å². The summed E-state index contributed by atoms with van der Waals surface area (Å²) in [7, 11) is 0. The van der Waals surface area contributed by atoms with Crippen molar-refractivity contribution in [1.82, 2.24) is 24.6 Å². The number of carbonyl (C=O) groups is 2. The average Bonchev–Trinajstić information content (AvgIpc) is 3.47. The van der Waals surface area contributed by atoms with Crippen LogP contribution in [0.3, 0.4) is 0 Å². The Morgan fingerprint density at radius 1 is 1.08 bits per heavy atom. The highest BCUT2D eigenvalue weighted by Crippen LogP contribution is 2.19. The molecule has 1 saturated heterocycles. The van der Waals surface area contributed by atoms with Crippen molar-refractivity contribution >= 4 is 17.8 Å². The quantitative estimate of drug-likeness (QED) is 0.471. The van der Waals surface area contributed by atoms with Gasteiger partial charge in [0.1, 0.15) is 11.6 Å². The van der Waals surface area contributed by atoms with Gasteiger partial charge in [0.25, 0.3) is 0 Å². The number of aryl methyl sites for hydroxylation is 1. The predicted molar refractivity (Wildman–Crippen MR) is 118 cm³/mol. The Hall–Kier alpha value is -3.47. The zero-order valence-corrected chi connectivity index (χ0v) is 20.1. The second-order valence-corrected chi connectivity index (χ2v) is 8.33. The van der Waals surface area contributed by atoms with E-state index in [9.17, 15) is 26.3 Å². The number of hydrogen-bond acceptors (Lipinski definition) is 8. The number of hydrogen-bond donors (Lipinski definition) is 3. The lowest BCUT2D eigenvalue weighted by Crippen LogP contribution is -2.37. The first kappa shape index (κ1) is 30.8. The fourth-order valence-electron chi connectivity index (χ4n) is 3.37. The summed E-state index contributed by atoms with van der Waals surface area (Å²) >= 11 is 0. The van der Waals surface area contributed by atoms with Crippen LogP contribution < -0.4 is 5.32 Å². The number of aromatic nitrogens is 4. The fourth-order valence-corrected chi connectivity index (χ4v) is 3.37. The molecule has 212 valence electrons. The summed E-state index contributed by atoms with van der Waals surface area (Å²) in [4.78, 5) is 25.1. The van der Waals surface area contributed by atoms with E-state index in [1.807, 2.05) is 19.1 Å². The molecule has 0 aromatic carbocycles. The second-order valence-electron chi connectivity index (χ2n) is 8.33. The van der Waals surface area contributed by atoms with Gasteiger partial charge in [0, 0.05) is 32.4 Å². The number of halogens is 6. The Kier molecular flexibility index (Phi) is 10.8. The first-order valence-corrected chi connectivity index (χ1v) is 11.1. The standard InChI is InChI=1S/C17H24N6O.2C2HF3O2/c1-13-2-3-16(21-20-13)18-8-15-10-23-6-5-22(11-17(23)19-15)9-14-4-7-24-12-14;2*3-2(4,5)1(6)7/h2-3,10,14H,4-9,11-12H2,1H3,(H,18,21);2*(H,6,7). The molecule has 0 aliphatic carbocycles. The van der Waals surface area contributed by atoms with Gasteiger partial charge in [-0.2, -0.15) is 31.4 Å². The second kappa shape index (κ2) is 13.4. The van der Waals surface area contributed by atoms with Gasteiger partial charge in [-0.15, -0.1) is 5.10 Å². The molecule has 0 saturated carbocycles. The van der Waals surface area contributed by atoms with Crippen LogP contribution >= 0.6 is 0 Å². The fraction of sp³-hybridized carbons (Fsp3) is 0.571. The van der Waals surface area contributed by atoms with Gasteiger partial charge < -0.3 is 24.8 Å². The summed E-state index contributed by atoms with van der Waals surface area (Å²) in [5, 5.41) is 25.7. The van der Waals surface area contributed by atoms with Gasteiger partial charge in [0.15, 0.2) is 0 Å². The first-order valence-electron chi connectivity index (χ1n) is 11.1. The number of nitrogens with zero attached hydrogens (tertiary/aromatic N) is 5. The zero-order chi connectivity index (χ0) is 28.5. The van der Waals surface area contributed by atoms with Crippen molar-refractivity contribution in [2.24, 2.45) is 5.92 Å². The maximum absolute atomic E-state index is 10.6. The average molecular weight is 556 g/mol. The van der Waals surface area contributed by atoms with Crippen molar-refractivity contribution in [3.8, 4) is 0 Å². The Labute approximate surface area is 212 Å². The minimum atomic E-state index is -5.08. The van der Waals surface area contributed by atoms with Gasteiger partial charge in [0.2, 0.25) is 0 Å². The van der Waals surface area contributed by atoms with E-state index in [4.69, 9.17) is 29.5 Å². The molecule has 1 atom stereocenters. The molecule has 0 spiro atoms. The highest BCUT2D eigenvalue weighted by Gasteiger charge is 2.38. The molecule has 0 amide bonds. The van der Waals surface area contributed by atoms with Crippen LogP contribution in [0.2, 0.25) is 0 Å². The number of carboxylic acid groups (broad SMARTS) is 2. The minimum absolute atomic E-state index is 0.675. The minimum Gasteiger partial charge on any atom is -0.475 e. The molecule has 0 radical (unpaired) electrons. The van der Waals surface area contributed by atoms with E-state index in [1.54, 1.807) is 0 Å². The van der Waals surface area contributed by atoms with Gasteiger partial charge in [0.05, 0.1) is 31.1 Å². The van der Waals surface area contributed by atoms with Crippen molar-refractivity contribution in [3.05, 3.63) is 35.5 Å². The van der Waals surface area contributed by atoms with Crippen molar-refractivity contribution in [2.75, 3.05) is 31.6 Å². The normalized spacial score (nSPS) is 17.4. The summed E-state index contributed by atoms with van der Waals surface area (Å²) in [5.41, 5.74) is 1.98. The molecule has 1 unspecified atom stereocenters. The smallest absolute Gasteiger partial charge is 0.475 e. The number of alkyl halides is 6. The molecule has 2 aliphatic heterocycles. The summed E-state index contributed by atoms with van der Waals surface area (Å²) in [5.74, 6) is -2.88. The van der Waals surface area contributed by atoms with Crippen LogP contribution in [0, 0.1) is 12.8 Å². The van der Waals surface area contributed by atoms with Crippen molar-refractivity contribution in [1.29, 1.82) is 0 Å². The number of ether oxygens (including phenoxy) is 1. The molecule has 17 heteroatoms. The maximum Gasteiger partial charge on any atom is 0.490 e. The summed E-state index contributed by atoms with van der Waals surface area (Å²) in [6, 6.07) is 3.90. The lowest BCUT2D eigenvalue weighted by atomic mass is 10.1. The van der Waals surface area contributed by atoms with Gasteiger partial charge in [-0.25, -0.2) is 14.6 Å². The third-order valence-electron chi connectivity index (χ3n) is 5.21. The van der Waals surface area contributed by atoms with Crippen LogP contribution in [0.25, 0.3) is 0 Å². The first-order chi connectivity index (χ1) is 17.6. The van der Waals surface area contributed by atoms with E-state index in [2.05, 4.69) is 31.2 Å². The molecule has 3 N–H and O–H groups in total. The van der Waals surface area contributed by atoms with Gasteiger partial charge in [-0.1, -0.05) is 0 Å². The van der Waals surface area contributed by atoms with Gasteiger partial charge in [-0.3, -0.25) is 4.90 Å². The van der Waals surface area contributed by atoms with E-state index in [1.165, 1.54) is 6.42 Å². The molecule has 2 aromatic rings. The van der Waals surface area contributed by atoms with Crippen molar-refractivity contribution in [3.63, 3.8) is 0 Å².